The molecule has 1 aliphatic carbocycles. The summed E-state index contributed by atoms with van der Waals surface area (Å²) in [6.45, 7) is 1.13. The molecule has 1 rings (SSSR count). The van der Waals surface area contributed by atoms with Crippen molar-refractivity contribution < 1.29 is 18.3 Å². The van der Waals surface area contributed by atoms with E-state index >= 15 is 0 Å². The fraction of sp³-hybridized carbons (Fsp3) is 1.00. The summed E-state index contributed by atoms with van der Waals surface area (Å²) < 4.78 is 35.7. The fourth-order valence-corrected chi connectivity index (χ4v) is 2.24. The van der Waals surface area contributed by atoms with E-state index in [9.17, 15) is 18.3 Å². The molecule has 0 amide bonds. The first-order valence-corrected chi connectivity index (χ1v) is 5.84. The first-order valence-electron chi connectivity index (χ1n) is 5.84. The standard InChI is InChI=1S/C11H20F3NO/c1-2-9-3-5-10(16,6-4-9)7-15-8-11(12,13)14/h9,15-16H,2-8H2,1H3. The average molecular weight is 239 g/mol. The topological polar surface area (TPSA) is 32.3 Å². The number of hydrogen-bond acceptors (Lipinski definition) is 2. The Hall–Kier alpha value is -0.290. The Bertz CT molecular complexity index is 210. The van der Waals surface area contributed by atoms with Crippen LogP contribution in [0.25, 0.3) is 0 Å². The highest BCUT2D eigenvalue weighted by atomic mass is 19.4. The van der Waals surface area contributed by atoms with Gasteiger partial charge in [0.1, 0.15) is 0 Å². The summed E-state index contributed by atoms with van der Waals surface area (Å²) in [6.07, 6.45) is -0.0584. The average Bonchev–Trinajstić information content (AvgIpc) is 2.17. The Kier molecular flexibility index (Phi) is 4.62. The lowest BCUT2D eigenvalue weighted by Gasteiger charge is -2.36. The Morgan fingerprint density at radius 3 is 2.31 bits per heavy atom. The van der Waals surface area contributed by atoms with Crippen molar-refractivity contribution in [3.63, 3.8) is 0 Å². The zero-order chi connectivity index (χ0) is 12.2. The van der Waals surface area contributed by atoms with E-state index in [4.69, 9.17) is 0 Å². The van der Waals surface area contributed by atoms with E-state index < -0.39 is 18.3 Å². The highest BCUT2D eigenvalue weighted by molar-refractivity contribution is 4.87. The van der Waals surface area contributed by atoms with Crippen LogP contribution in [-0.4, -0.2) is 30.0 Å². The molecule has 0 aromatic rings. The van der Waals surface area contributed by atoms with Gasteiger partial charge in [0.15, 0.2) is 0 Å². The van der Waals surface area contributed by atoms with Gasteiger partial charge in [0.05, 0.1) is 12.1 Å². The van der Waals surface area contributed by atoms with Crippen LogP contribution in [0.4, 0.5) is 13.2 Å². The van der Waals surface area contributed by atoms with Crippen LogP contribution >= 0.6 is 0 Å². The second-order valence-electron chi connectivity index (χ2n) is 4.79. The van der Waals surface area contributed by atoms with Crippen LogP contribution in [0.3, 0.4) is 0 Å². The van der Waals surface area contributed by atoms with E-state index in [-0.39, 0.29) is 6.54 Å². The van der Waals surface area contributed by atoms with Crippen molar-refractivity contribution in [1.29, 1.82) is 0 Å². The minimum absolute atomic E-state index is 0.0446. The second-order valence-corrected chi connectivity index (χ2v) is 4.79. The molecule has 0 unspecified atom stereocenters. The summed E-state index contributed by atoms with van der Waals surface area (Å²) in [4.78, 5) is 0. The molecule has 0 heterocycles. The maximum absolute atomic E-state index is 11.9. The number of alkyl halides is 3. The van der Waals surface area contributed by atoms with Gasteiger partial charge in [0, 0.05) is 6.54 Å². The molecule has 96 valence electrons. The molecule has 1 aliphatic rings. The number of hydrogen-bond donors (Lipinski definition) is 2. The normalized spacial score (nSPS) is 31.7. The summed E-state index contributed by atoms with van der Waals surface area (Å²) >= 11 is 0. The highest BCUT2D eigenvalue weighted by Crippen LogP contribution is 2.33. The van der Waals surface area contributed by atoms with Gasteiger partial charge in [-0.25, -0.2) is 0 Å². The van der Waals surface area contributed by atoms with Crippen molar-refractivity contribution in [2.75, 3.05) is 13.1 Å². The van der Waals surface area contributed by atoms with Gasteiger partial charge in [-0.15, -0.1) is 0 Å². The minimum Gasteiger partial charge on any atom is -0.389 e. The van der Waals surface area contributed by atoms with E-state index in [0.717, 1.165) is 19.3 Å². The molecule has 0 aliphatic heterocycles. The number of halogens is 3. The van der Waals surface area contributed by atoms with Crippen LogP contribution in [0.15, 0.2) is 0 Å². The first kappa shape index (κ1) is 13.8. The molecule has 5 heteroatoms. The molecule has 1 saturated carbocycles. The highest BCUT2D eigenvalue weighted by Gasteiger charge is 2.34. The van der Waals surface area contributed by atoms with E-state index in [1.807, 2.05) is 0 Å². The van der Waals surface area contributed by atoms with Crippen molar-refractivity contribution in [3.05, 3.63) is 0 Å². The molecule has 0 aromatic carbocycles. The van der Waals surface area contributed by atoms with E-state index in [0.29, 0.717) is 18.8 Å². The molecule has 0 radical (unpaired) electrons. The van der Waals surface area contributed by atoms with Gasteiger partial charge in [-0.05, 0) is 31.6 Å². The molecule has 0 saturated heterocycles. The predicted molar refractivity (Wildman–Crippen MR) is 56.1 cm³/mol. The van der Waals surface area contributed by atoms with Crippen molar-refractivity contribution >= 4 is 0 Å². The van der Waals surface area contributed by atoms with Crippen LogP contribution < -0.4 is 5.32 Å². The Balaban J connectivity index is 2.26. The monoisotopic (exact) mass is 239 g/mol. The first-order chi connectivity index (χ1) is 7.35. The molecule has 2 N–H and O–H groups in total. The second kappa shape index (κ2) is 5.36. The largest absolute Gasteiger partial charge is 0.401 e. The third-order valence-corrected chi connectivity index (χ3v) is 3.39. The molecular weight excluding hydrogens is 219 g/mol. The maximum Gasteiger partial charge on any atom is 0.401 e. The van der Waals surface area contributed by atoms with Gasteiger partial charge in [-0.1, -0.05) is 13.3 Å². The van der Waals surface area contributed by atoms with Crippen LogP contribution in [0, 0.1) is 5.92 Å². The van der Waals surface area contributed by atoms with Gasteiger partial charge in [0.2, 0.25) is 0 Å². The maximum atomic E-state index is 11.9. The van der Waals surface area contributed by atoms with Crippen molar-refractivity contribution in [1.82, 2.24) is 5.32 Å². The van der Waals surface area contributed by atoms with Crippen LogP contribution in [-0.2, 0) is 0 Å². The van der Waals surface area contributed by atoms with E-state index in [1.165, 1.54) is 0 Å². The molecule has 0 spiro atoms. The molecule has 16 heavy (non-hydrogen) atoms. The van der Waals surface area contributed by atoms with Crippen molar-refractivity contribution in [2.45, 2.75) is 50.8 Å². The van der Waals surface area contributed by atoms with Gasteiger partial charge in [-0.3, -0.25) is 0 Å². The molecule has 2 nitrogen and oxygen atoms in total. The third kappa shape index (κ3) is 4.70. The summed E-state index contributed by atoms with van der Waals surface area (Å²) in [6, 6.07) is 0. The predicted octanol–water partition coefficient (Wildman–Crippen LogP) is 2.47. The number of aliphatic hydroxyl groups is 1. The Morgan fingerprint density at radius 1 is 1.31 bits per heavy atom. The van der Waals surface area contributed by atoms with E-state index in [1.54, 1.807) is 0 Å². The molecule has 0 atom stereocenters. The van der Waals surface area contributed by atoms with Crippen molar-refractivity contribution in [2.24, 2.45) is 5.92 Å². The SMILES string of the molecule is CCC1CCC(O)(CNCC(F)(F)F)CC1. The summed E-state index contributed by atoms with van der Waals surface area (Å²) in [5.74, 6) is 0.628. The Labute approximate surface area is 94.2 Å². The lowest BCUT2D eigenvalue weighted by atomic mass is 9.78. The molecule has 0 bridgehead atoms. The van der Waals surface area contributed by atoms with Crippen LogP contribution in [0.2, 0.25) is 0 Å². The smallest absolute Gasteiger partial charge is 0.389 e. The number of rotatable bonds is 4. The van der Waals surface area contributed by atoms with Crippen LogP contribution in [0.5, 0.6) is 0 Å². The van der Waals surface area contributed by atoms with Gasteiger partial charge >= 0.3 is 6.18 Å². The zero-order valence-corrected chi connectivity index (χ0v) is 9.61. The molecular formula is C11H20F3NO. The van der Waals surface area contributed by atoms with Gasteiger partial charge < -0.3 is 10.4 Å². The summed E-state index contributed by atoms with van der Waals surface area (Å²) in [7, 11) is 0. The number of nitrogens with one attached hydrogen (secondary N) is 1. The lowest BCUT2D eigenvalue weighted by molar-refractivity contribution is -0.127. The summed E-state index contributed by atoms with van der Waals surface area (Å²) in [5.41, 5.74) is -0.934. The summed E-state index contributed by atoms with van der Waals surface area (Å²) in [5, 5.41) is 12.3. The van der Waals surface area contributed by atoms with Gasteiger partial charge in [-0.2, -0.15) is 13.2 Å². The van der Waals surface area contributed by atoms with E-state index in [2.05, 4.69) is 12.2 Å². The molecule has 0 aromatic heterocycles. The minimum atomic E-state index is -4.20. The lowest BCUT2D eigenvalue weighted by Crippen LogP contribution is -2.45. The fourth-order valence-electron chi connectivity index (χ4n) is 2.24. The quantitative estimate of drug-likeness (QED) is 0.790. The Morgan fingerprint density at radius 2 is 1.88 bits per heavy atom. The van der Waals surface area contributed by atoms with Gasteiger partial charge in [0.25, 0.3) is 0 Å². The zero-order valence-electron chi connectivity index (χ0n) is 9.61. The molecule has 1 fully saturated rings. The van der Waals surface area contributed by atoms with Crippen molar-refractivity contribution in [3.8, 4) is 0 Å². The third-order valence-electron chi connectivity index (χ3n) is 3.39. The van der Waals surface area contributed by atoms with Crippen LogP contribution in [0.1, 0.15) is 39.0 Å².